The molecule has 178 valence electrons. The van der Waals surface area contributed by atoms with Crippen molar-refractivity contribution in [3.8, 4) is 17.0 Å². The van der Waals surface area contributed by atoms with E-state index in [1.54, 1.807) is 24.4 Å². The highest BCUT2D eigenvalue weighted by Crippen LogP contribution is 2.29. The Labute approximate surface area is 199 Å². The fraction of sp³-hybridized carbons (Fsp3) is 0.346. The van der Waals surface area contributed by atoms with Crippen LogP contribution in [0.3, 0.4) is 0 Å². The molecular formula is C26H31N5O3. The van der Waals surface area contributed by atoms with Crippen molar-refractivity contribution in [2.45, 2.75) is 39.9 Å². The van der Waals surface area contributed by atoms with Gasteiger partial charge in [-0.2, -0.15) is 0 Å². The largest absolute Gasteiger partial charge is 0.491 e. The van der Waals surface area contributed by atoms with Crippen LogP contribution in [-0.4, -0.2) is 35.1 Å². The van der Waals surface area contributed by atoms with Crippen LogP contribution < -0.4 is 21.1 Å². The number of nitrogens with zero attached hydrogens (tertiary/aromatic N) is 2. The molecule has 34 heavy (non-hydrogen) atoms. The van der Waals surface area contributed by atoms with Gasteiger partial charge in [0, 0.05) is 47.4 Å². The average Bonchev–Trinajstić information content (AvgIpc) is 2.81. The summed E-state index contributed by atoms with van der Waals surface area (Å²) < 4.78 is 11.9. The number of anilines is 3. The van der Waals surface area contributed by atoms with E-state index in [0.29, 0.717) is 42.7 Å². The Bertz CT molecular complexity index is 1160. The van der Waals surface area contributed by atoms with Crippen LogP contribution in [0.4, 0.5) is 17.3 Å². The molecule has 2 aromatic carbocycles. The first-order chi connectivity index (χ1) is 16.4. The number of benzene rings is 2. The van der Waals surface area contributed by atoms with Gasteiger partial charge in [0.15, 0.2) is 0 Å². The predicted molar refractivity (Wildman–Crippen MR) is 133 cm³/mol. The summed E-state index contributed by atoms with van der Waals surface area (Å²) in [4.78, 5) is 21.6. The highest BCUT2D eigenvalue weighted by molar-refractivity contribution is 5.96. The van der Waals surface area contributed by atoms with Crippen LogP contribution in [0.5, 0.6) is 5.75 Å². The van der Waals surface area contributed by atoms with Crippen LogP contribution in [0.25, 0.3) is 11.3 Å². The van der Waals surface area contributed by atoms with Gasteiger partial charge >= 0.3 is 0 Å². The summed E-state index contributed by atoms with van der Waals surface area (Å²) in [6, 6.07) is 12.9. The second-order valence-corrected chi connectivity index (χ2v) is 8.84. The number of aromatic nitrogens is 2. The van der Waals surface area contributed by atoms with E-state index in [9.17, 15) is 4.79 Å². The number of nitrogen functional groups attached to an aromatic ring is 1. The van der Waals surface area contributed by atoms with Crippen molar-refractivity contribution >= 4 is 23.2 Å². The van der Waals surface area contributed by atoms with Crippen LogP contribution in [0.15, 0.2) is 48.7 Å². The summed E-state index contributed by atoms with van der Waals surface area (Å²) >= 11 is 0. The number of hydrogen-bond donors (Lipinski definition) is 3. The molecule has 5 rings (SSSR count). The minimum atomic E-state index is -0.152. The first-order valence-electron chi connectivity index (χ1n) is 11.5. The number of amides is 1. The van der Waals surface area contributed by atoms with E-state index in [1.165, 1.54) is 0 Å². The number of hydrogen-bond acceptors (Lipinski definition) is 7. The molecule has 3 aromatic rings. The monoisotopic (exact) mass is 461 g/mol. The first-order valence-corrected chi connectivity index (χ1v) is 11.5. The van der Waals surface area contributed by atoms with Crippen molar-refractivity contribution in [3.05, 3.63) is 59.8 Å². The van der Waals surface area contributed by atoms with E-state index < -0.39 is 0 Å². The van der Waals surface area contributed by atoms with Gasteiger partial charge in [0.25, 0.3) is 5.91 Å². The van der Waals surface area contributed by atoms with Crippen molar-refractivity contribution < 1.29 is 14.3 Å². The second-order valence-electron chi connectivity index (χ2n) is 8.84. The van der Waals surface area contributed by atoms with E-state index in [2.05, 4.69) is 27.5 Å². The number of carbonyl (C=O) groups excluding carboxylic acids is 1. The van der Waals surface area contributed by atoms with Gasteiger partial charge in [0.2, 0.25) is 5.95 Å². The summed E-state index contributed by atoms with van der Waals surface area (Å²) in [5.41, 5.74) is 10.5. The molecule has 1 unspecified atom stereocenters. The van der Waals surface area contributed by atoms with Gasteiger partial charge < -0.3 is 25.8 Å². The predicted octanol–water partition coefficient (Wildman–Crippen LogP) is 4.54. The quantitative estimate of drug-likeness (QED) is 0.480. The summed E-state index contributed by atoms with van der Waals surface area (Å²) in [6.07, 6.45) is 2.54. The molecule has 0 saturated heterocycles. The van der Waals surface area contributed by atoms with Crippen molar-refractivity contribution in [3.63, 3.8) is 0 Å². The molecule has 8 heteroatoms. The van der Waals surface area contributed by atoms with E-state index in [1.807, 2.05) is 38.1 Å². The zero-order valence-electron chi connectivity index (χ0n) is 19.8. The van der Waals surface area contributed by atoms with Crippen molar-refractivity contribution in [1.82, 2.24) is 15.3 Å². The molecule has 1 amide bonds. The van der Waals surface area contributed by atoms with Gasteiger partial charge in [0.05, 0.1) is 18.4 Å². The maximum absolute atomic E-state index is 12.6. The highest BCUT2D eigenvalue weighted by atomic mass is 16.5. The zero-order valence-corrected chi connectivity index (χ0v) is 19.8. The molecule has 0 fully saturated rings. The molecule has 2 aliphatic heterocycles. The number of carbonyl (C=O) groups is 1. The molecule has 1 atom stereocenters. The van der Waals surface area contributed by atoms with Crippen LogP contribution in [-0.2, 0) is 11.3 Å². The summed E-state index contributed by atoms with van der Waals surface area (Å²) in [5.74, 6) is 1.34. The lowest BCUT2D eigenvalue weighted by atomic mass is 10.0. The molecule has 3 heterocycles. The maximum Gasteiger partial charge on any atom is 0.251 e. The molecule has 6 bridgehead atoms. The molecule has 0 radical (unpaired) electrons. The molecule has 2 aliphatic rings. The van der Waals surface area contributed by atoms with Gasteiger partial charge in [-0.05, 0) is 68.7 Å². The fourth-order valence-corrected chi connectivity index (χ4v) is 3.71. The number of nitrogens with one attached hydrogen (secondary N) is 2. The fourth-order valence-electron chi connectivity index (χ4n) is 3.71. The molecule has 4 N–H and O–H groups in total. The van der Waals surface area contributed by atoms with Crippen LogP contribution >= 0.6 is 0 Å². The molecule has 0 aliphatic carbocycles. The molecular weight excluding hydrogens is 430 g/mol. The Morgan fingerprint density at radius 2 is 2.03 bits per heavy atom. The Hall–Kier alpha value is -3.65. The van der Waals surface area contributed by atoms with Crippen molar-refractivity contribution in [1.29, 1.82) is 0 Å². The lowest BCUT2D eigenvalue weighted by molar-refractivity contribution is 0.0922. The smallest absolute Gasteiger partial charge is 0.251 e. The number of rotatable bonds is 2. The molecule has 0 spiro atoms. The third kappa shape index (κ3) is 5.82. The third-order valence-corrected chi connectivity index (χ3v) is 5.55. The summed E-state index contributed by atoms with van der Waals surface area (Å²) in [6.45, 7) is 7.63. The van der Waals surface area contributed by atoms with Crippen LogP contribution in [0.1, 0.15) is 43.1 Å². The Morgan fingerprint density at radius 3 is 2.82 bits per heavy atom. The topological polar surface area (TPSA) is 111 Å². The standard InChI is InChI=1S/C26H31N5O3/c1-16(2)34-24-7-5-20-12-19(24)15-33-11-9-17(3)14-29-25(32)18-4-6-21(22(27)13-18)23-8-10-28-26(30-20)31-23/h4-8,10,12-13,16-17H,9,11,14-15,27H2,1-3H3,(H,29,32)(H,28,30,31). The highest BCUT2D eigenvalue weighted by Gasteiger charge is 2.14. The summed E-state index contributed by atoms with van der Waals surface area (Å²) in [7, 11) is 0. The first kappa shape index (κ1) is 23.5. The maximum atomic E-state index is 12.6. The van der Waals surface area contributed by atoms with Gasteiger partial charge in [-0.3, -0.25) is 4.79 Å². The van der Waals surface area contributed by atoms with E-state index >= 15 is 0 Å². The van der Waals surface area contributed by atoms with Crippen LogP contribution in [0, 0.1) is 5.92 Å². The molecule has 1 aromatic heterocycles. The summed E-state index contributed by atoms with van der Waals surface area (Å²) in [5, 5.41) is 6.25. The van der Waals surface area contributed by atoms with Gasteiger partial charge in [-0.25, -0.2) is 9.97 Å². The SMILES string of the molecule is CC1CCOCc2cc(ccc2OC(C)C)Nc2nccc(n2)-c2ccc(cc2N)C(=O)NC1. The Balaban J connectivity index is 1.69. The minimum absolute atomic E-state index is 0.0485. The second kappa shape index (κ2) is 10.5. The Morgan fingerprint density at radius 1 is 1.18 bits per heavy atom. The normalized spacial score (nSPS) is 16.7. The van der Waals surface area contributed by atoms with Gasteiger partial charge in [0.1, 0.15) is 5.75 Å². The van der Waals surface area contributed by atoms with Crippen molar-refractivity contribution in [2.24, 2.45) is 5.92 Å². The Kier molecular flexibility index (Phi) is 7.27. The number of ether oxygens (including phenoxy) is 2. The minimum Gasteiger partial charge on any atom is -0.491 e. The van der Waals surface area contributed by atoms with E-state index in [4.69, 9.17) is 15.2 Å². The number of nitrogens with two attached hydrogens (primary N) is 1. The average molecular weight is 462 g/mol. The zero-order chi connectivity index (χ0) is 24.1. The van der Waals surface area contributed by atoms with Gasteiger partial charge in [-0.15, -0.1) is 0 Å². The molecule has 0 saturated carbocycles. The number of fused-ring (bicyclic) bond motifs is 9. The lowest BCUT2D eigenvalue weighted by Crippen LogP contribution is -2.28. The van der Waals surface area contributed by atoms with E-state index in [-0.39, 0.29) is 17.9 Å². The molecule has 8 nitrogen and oxygen atoms in total. The van der Waals surface area contributed by atoms with E-state index in [0.717, 1.165) is 29.0 Å². The lowest BCUT2D eigenvalue weighted by Gasteiger charge is -2.17. The van der Waals surface area contributed by atoms with Gasteiger partial charge in [-0.1, -0.05) is 6.92 Å². The van der Waals surface area contributed by atoms with Crippen molar-refractivity contribution in [2.75, 3.05) is 24.2 Å². The van der Waals surface area contributed by atoms with Crippen LogP contribution in [0.2, 0.25) is 0 Å². The third-order valence-electron chi connectivity index (χ3n) is 5.55.